The molecule has 2 aromatic carbocycles. The summed E-state index contributed by atoms with van der Waals surface area (Å²) in [6.45, 7) is 4.60. The Bertz CT molecular complexity index is 705. The lowest BCUT2D eigenvalue weighted by Gasteiger charge is -2.42. The third-order valence-electron chi connectivity index (χ3n) is 5.01. The maximum Gasteiger partial charge on any atom is 0.226 e. The molecule has 0 aromatic heterocycles. The van der Waals surface area contributed by atoms with Crippen LogP contribution in [-0.2, 0) is 11.3 Å². The SMILES string of the molecule is CCC(=O)N(CC1(O)CCCN(Cc2ccccc2)C1)c1ccccc1. The Morgan fingerprint density at radius 1 is 1.12 bits per heavy atom. The van der Waals surface area contributed by atoms with Crippen LogP contribution in [0.4, 0.5) is 5.69 Å². The highest BCUT2D eigenvalue weighted by molar-refractivity contribution is 5.93. The van der Waals surface area contributed by atoms with E-state index in [0.29, 0.717) is 19.5 Å². The summed E-state index contributed by atoms with van der Waals surface area (Å²) in [6.07, 6.45) is 2.09. The average Bonchev–Trinajstić information content (AvgIpc) is 2.67. The highest BCUT2D eigenvalue weighted by atomic mass is 16.3. The molecule has 1 atom stereocenters. The van der Waals surface area contributed by atoms with Gasteiger partial charge in [0, 0.05) is 25.2 Å². The molecular weight excluding hydrogens is 324 g/mol. The summed E-state index contributed by atoms with van der Waals surface area (Å²) >= 11 is 0. The van der Waals surface area contributed by atoms with Crippen molar-refractivity contribution in [3.8, 4) is 0 Å². The number of carbonyl (C=O) groups is 1. The van der Waals surface area contributed by atoms with Gasteiger partial charge in [0.25, 0.3) is 0 Å². The van der Waals surface area contributed by atoms with Crippen LogP contribution in [-0.4, -0.2) is 41.1 Å². The maximum absolute atomic E-state index is 12.5. The number of carbonyl (C=O) groups excluding carboxylic acids is 1. The molecule has 1 saturated heterocycles. The number of piperidine rings is 1. The number of benzene rings is 2. The number of β-amino-alcohol motifs (C(OH)–C–C–N with tert-alkyl or cyclic N) is 1. The first-order valence-corrected chi connectivity index (χ1v) is 9.44. The van der Waals surface area contributed by atoms with Gasteiger partial charge in [-0.2, -0.15) is 0 Å². The number of anilines is 1. The fraction of sp³-hybridized carbons (Fsp3) is 0.409. The van der Waals surface area contributed by atoms with Crippen LogP contribution in [0.25, 0.3) is 0 Å². The summed E-state index contributed by atoms with van der Waals surface area (Å²) in [6, 6.07) is 20.0. The minimum Gasteiger partial charge on any atom is -0.387 e. The minimum absolute atomic E-state index is 0.0461. The maximum atomic E-state index is 12.5. The molecule has 2 aromatic rings. The van der Waals surface area contributed by atoms with Crippen LogP contribution < -0.4 is 4.90 Å². The predicted molar refractivity (Wildman–Crippen MR) is 105 cm³/mol. The number of hydrogen-bond donors (Lipinski definition) is 1. The van der Waals surface area contributed by atoms with Crippen molar-refractivity contribution in [2.45, 2.75) is 38.3 Å². The summed E-state index contributed by atoms with van der Waals surface area (Å²) in [5.74, 6) is 0.0461. The quantitative estimate of drug-likeness (QED) is 0.866. The van der Waals surface area contributed by atoms with E-state index >= 15 is 0 Å². The van der Waals surface area contributed by atoms with E-state index in [1.165, 1.54) is 5.56 Å². The highest BCUT2D eigenvalue weighted by Crippen LogP contribution is 2.26. The zero-order valence-electron chi connectivity index (χ0n) is 15.5. The van der Waals surface area contributed by atoms with Gasteiger partial charge in [-0.1, -0.05) is 55.5 Å². The fourth-order valence-corrected chi connectivity index (χ4v) is 3.73. The summed E-state index contributed by atoms with van der Waals surface area (Å²) in [7, 11) is 0. The second-order valence-corrected chi connectivity index (χ2v) is 7.19. The van der Waals surface area contributed by atoms with Crippen molar-refractivity contribution >= 4 is 11.6 Å². The largest absolute Gasteiger partial charge is 0.387 e. The molecule has 0 aliphatic carbocycles. The molecule has 4 nitrogen and oxygen atoms in total. The van der Waals surface area contributed by atoms with Crippen LogP contribution in [0.5, 0.6) is 0 Å². The van der Waals surface area contributed by atoms with Crippen molar-refractivity contribution in [1.29, 1.82) is 0 Å². The van der Waals surface area contributed by atoms with Gasteiger partial charge in [-0.3, -0.25) is 9.69 Å². The van der Waals surface area contributed by atoms with Gasteiger partial charge in [-0.25, -0.2) is 0 Å². The fourth-order valence-electron chi connectivity index (χ4n) is 3.73. The Balaban J connectivity index is 1.72. The molecule has 1 unspecified atom stereocenters. The standard InChI is InChI=1S/C22H28N2O2/c1-2-21(25)24(20-12-7-4-8-13-20)18-22(26)14-9-15-23(17-22)16-19-10-5-3-6-11-19/h3-8,10-13,26H,2,9,14-18H2,1H3. The first-order valence-electron chi connectivity index (χ1n) is 9.44. The Morgan fingerprint density at radius 2 is 1.77 bits per heavy atom. The Labute approximate surface area is 156 Å². The topological polar surface area (TPSA) is 43.8 Å². The van der Waals surface area contributed by atoms with E-state index in [4.69, 9.17) is 0 Å². The molecule has 0 saturated carbocycles. The number of nitrogens with zero attached hydrogens (tertiary/aromatic N) is 2. The van der Waals surface area contributed by atoms with Crippen LogP contribution in [0.15, 0.2) is 60.7 Å². The average molecular weight is 352 g/mol. The van der Waals surface area contributed by atoms with Gasteiger partial charge in [-0.15, -0.1) is 0 Å². The predicted octanol–water partition coefficient (Wildman–Crippen LogP) is 3.46. The van der Waals surface area contributed by atoms with Gasteiger partial charge in [0.2, 0.25) is 5.91 Å². The van der Waals surface area contributed by atoms with Crippen LogP contribution in [0.2, 0.25) is 0 Å². The summed E-state index contributed by atoms with van der Waals surface area (Å²) in [5, 5.41) is 11.3. The molecule has 1 aliphatic rings. The first kappa shape index (κ1) is 18.6. The molecule has 26 heavy (non-hydrogen) atoms. The Hall–Kier alpha value is -2.17. The number of amides is 1. The smallest absolute Gasteiger partial charge is 0.226 e. The van der Waals surface area contributed by atoms with Gasteiger partial charge >= 0.3 is 0 Å². The molecule has 0 radical (unpaired) electrons. The van der Waals surface area contributed by atoms with E-state index in [2.05, 4.69) is 17.0 Å². The summed E-state index contributed by atoms with van der Waals surface area (Å²) in [4.78, 5) is 16.5. The molecule has 138 valence electrons. The molecule has 1 aliphatic heterocycles. The molecule has 4 heteroatoms. The second kappa shape index (κ2) is 8.47. The van der Waals surface area contributed by atoms with Crippen molar-refractivity contribution in [2.24, 2.45) is 0 Å². The number of para-hydroxylation sites is 1. The molecule has 1 fully saturated rings. The number of hydrogen-bond acceptors (Lipinski definition) is 3. The van der Waals surface area contributed by atoms with E-state index < -0.39 is 5.60 Å². The zero-order chi connectivity index (χ0) is 18.4. The molecule has 1 heterocycles. The van der Waals surface area contributed by atoms with E-state index in [-0.39, 0.29) is 5.91 Å². The van der Waals surface area contributed by atoms with Crippen LogP contribution in [0.3, 0.4) is 0 Å². The molecule has 0 bridgehead atoms. The monoisotopic (exact) mass is 352 g/mol. The Kier molecular flexibility index (Phi) is 6.07. The van der Waals surface area contributed by atoms with Crippen molar-refractivity contribution < 1.29 is 9.90 Å². The summed E-state index contributed by atoms with van der Waals surface area (Å²) in [5.41, 5.74) is 1.22. The van der Waals surface area contributed by atoms with Gasteiger partial charge in [-0.05, 0) is 37.1 Å². The Morgan fingerprint density at radius 3 is 2.42 bits per heavy atom. The molecule has 3 rings (SSSR count). The highest BCUT2D eigenvalue weighted by Gasteiger charge is 2.36. The first-order chi connectivity index (χ1) is 12.6. The molecule has 1 N–H and O–H groups in total. The third kappa shape index (κ3) is 4.71. The van der Waals surface area contributed by atoms with E-state index in [0.717, 1.165) is 31.6 Å². The normalized spacial score (nSPS) is 20.7. The van der Waals surface area contributed by atoms with Gasteiger partial charge < -0.3 is 10.0 Å². The molecule has 1 amide bonds. The minimum atomic E-state index is -0.881. The van der Waals surface area contributed by atoms with Crippen molar-refractivity contribution in [1.82, 2.24) is 4.90 Å². The van der Waals surface area contributed by atoms with Crippen molar-refractivity contribution in [3.05, 3.63) is 66.2 Å². The van der Waals surface area contributed by atoms with E-state index in [1.807, 2.05) is 55.5 Å². The lowest BCUT2D eigenvalue weighted by atomic mass is 9.91. The van der Waals surface area contributed by atoms with E-state index in [9.17, 15) is 9.90 Å². The third-order valence-corrected chi connectivity index (χ3v) is 5.01. The van der Waals surface area contributed by atoms with Crippen molar-refractivity contribution in [3.63, 3.8) is 0 Å². The van der Waals surface area contributed by atoms with Gasteiger partial charge in [0.05, 0.1) is 12.1 Å². The zero-order valence-corrected chi connectivity index (χ0v) is 15.5. The lowest BCUT2D eigenvalue weighted by Crippen LogP contribution is -2.55. The number of likely N-dealkylation sites (tertiary alicyclic amines) is 1. The molecule has 0 spiro atoms. The van der Waals surface area contributed by atoms with Crippen LogP contribution in [0.1, 0.15) is 31.7 Å². The summed E-state index contributed by atoms with van der Waals surface area (Å²) < 4.78 is 0. The second-order valence-electron chi connectivity index (χ2n) is 7.19. The van der Waals surface area contributed by atoms with Crippen LogP contribution in [0, 0.1) is 0 Å². The lowest BCUT2D eigenvalue weighted by molar-refractivity contribution is -0.119. The van der Waals surface area contributed by atoms with Gasteiger partial charge in [0.15, 0.2) is 0 Å². The molecular formula is C22H28N2O2. The van der Waals surface area contributed by atoms with E-state index in [1.54, 1.807) is 4.90 Å². The number of aliphatic hydroxyl groups is 1. The van der Waals surface area contributed by atoms with Gasteiger partial charge in [0.1, 0.15) is 0 Å². The van der Waals surface area contributed by atoms with Crippen molar-refractivity contribution in [2.75, 3.05) is 24.5 Å². The number of rotatable bonds is 6. The van der Waals surface area contributed by atoms with Crippen LogP contribution >= 0.6 is 0 Å².